The van der Waals surface area contributed by atoms with Gasteiger partial charge in [0.2, 0.25) is 0 Å². The molecule has 0 saturated heterocycles. The van der Waals surface area contributed by atoms with Gasteiger partial charge in [-0.3, -0.25) is 4.98 Å². The summed E-state index contributed by atoms with van der Waals surface area (Å²) in [6.45, 7) is 4.45. The molecule has 2 nitrogen and oxygen atoms in total. The van der Waals surface area contributed by atoms with Crippen molar-refractivity contribution < 1.29 is 0 Å². The number of rotatable bonds is 9. The first-order valence-electron chi connectivity index (χ1n) is 6.54. The molecule has 0 aliphatic carbocycles. The lowest BCUT2D eigenvalue weighted by atomic mass is 10.1. The zero-order valence-electron chi connectivity index (χ0n) is 10.4. The number of pyridine rings is 1. The molecule has 1 rings (SSSR count). The number of nitrogens with zero attached hydrogens (tertiary/aromatic N) is 1. The Morgan fingerprint density at radius 3 is 2.69 bits per heavy atom. The Bertz CT molecular complexity index is 246. The van der Waals surface area contributed by atoms with Crippen molar-refractivity contribution in [3.63, 3.8) is 0 Å². The van der Waals surface area contributed by atoms with E-state index in [1.807, 2.05) is 18.3 Å². The summed E-state index contributed by atoms with van der Waals surface area (Å²) in [6, 6.07) is 6.10. The number of aromatic nitrogens is 1. The summed E-state index contributed by atoms with van der Waals surface area (Å²) in [7, 11) is 0. The highest BCUT2D eigenvalue weighted by Gasteiger charge is 1.93. The second-order valence-electron chi connectivity index (χ2n) is 4.24. The Hall–Kier alpha value is -0.890. The van der Waals surface area contributed by atoms with Gasteiger partial charge in [0.15, 0.2) is 0 Å². The topological polar surface area (TPSA) is 24.9 Å². The molecule has 0 amide bonds. The van der Waals surface area contributed by atoms with Crippen LogP contribution in [0, 0.1) is 0 Å². The highest BCUT2D eigenvalue weighted by Crippen LogP contribution is 2.01. The predicted octanol–water partition coefficient (Wildman–Crippen LogP) is 3.18. The molecule has 0 atom stereocenters. The average Bonchev–Trinajstić information content (AvgIpc) is 2.34. The minimum atomic E-state index is 1.04. The second-order valence-corrected chi connectivity index (χ2v) is 4.24. The van der Waals surface area contributed by atoms with Crippen molar-refractivity contribution >= 4 is 0 Å². The summed E-state index contributed by atoms with van der Waals surface area (Å²) in [5.74, 6) is 0. The number of nitrogens with one attached hydrogen (secondary N) is 1. The Kier molecular flexibility index (Phi) is 7.70. The molecule has 1 aromatic rings. The van der Waals surface area contributed by atoms with Crippen molar-refractivity contribution in [3.8, 4) is 0 Å². The van der Waals surface area contributed by atoms with Crippen LogP contribution in [0.15, 0.2) is 24.4 Å². The third-order valence-corrected chi connectivity index (χ3v) is 2.74. The van der Waals surface area contributed by atoms with Gasteiger partial charge < -0.3 is 5.32 Å². The van der Waals surface area contributed by atoms with E-state index < -0.39 is 0 Å². The molecule has 0 bridgehead atoms. The molecule has 0 unspecified atom stereocenters. The van der Waals surface area contributed by atoms with E-state index in [9.17, 15) is 0 Å². The highest BCUT2D eigenvalue weighted by atomic mass is 14.8. The van der Waals surface area contributed by atoms with Crippen LogP contribution in [0.25, 0.3) is 0 Å². The molecule has 0 saturated carbocycles. The summed E-state index contributed by atoms with van der Waals surface area (Å²) in [4.78, 5) is 4.30. The lowest BCUT2D eigenvalue weighted by molar-refractivity contribution is 0.583. The predicted molar refractivity (Wildman–Crippen MR) is 69.6 cm³/mol. The van der Waals surface area contributed by atoms with Crippen molar-refractivity contribution in [2.24, 2.45) is 0 Å². The van der Waals surface area contributed by atoms with E-state index in [2.05, 4.69) is 23.3 Å². The second kappa shape index (κ2) is 9.34. The average molecular weight is 220 g/mol. The van der Waals surface area contributed by atoms with Crippen LogP contribution in [-0.4, -0.2) is 18.1 Å². The number of hydrogen-bond acceptors (Lipinski definition) is 2. The van der Waals surface area contributed by atoms with Crippen LogP contribution >= 0.6 is 0 Å². The zero-order chi connectivity index (χ0) is 11.5. The largest absolute Gasteiger partial charge is 0.316 e. The van der Waals surface area contributed by atoms with E-state index in [1.54, 1.807) is 0 Å². The molecule has 0 radical (unpaired) electrons. The van der Waals surface area contributed by atoms with Crippen LogP contribution in [0.2, 0.25) is 0 Å². The van der Waals surface area contributed by atoms with Crippen LogP contribution in [-0.2, 0) is 6.42 Å². The standard InChI is InChI=1S/C14H24N2/c1-2-3-4-5-7-11-15-13-10-14-9-6-8-12-16-14/h6,8-9,12,15H,2-5,7,10-11,13H2,1H3. The first-order valence-corrected chi connectivity index (χ1v) is 6.54. The monoisotopic (exact) mass is 220 g/mol. The van der Waals surface area contributed by atoms with E-state index in [0.29, 0.717) is 0 Å². The van der Waals surface area contributed by atoms with Gasteiger partial charge in [-0.25, -0.2) is 0 Å². The van der Waals surface area contributed by atoms with E-state index in [0.717, 1.165) is 19.5 Å². The van der Waals surface area contributed by atoms with E-state index in [4.69, 9.17) is 0 Å². The molecule has 1 aromatic heterocycles. The molecule has 1 heterocycles. The molecule has 0 aliphatic heterocycles. The SMILES string of the molecule is CCCCCCCNCCc1ccccn1. The van der Waals surface area contributed by atoms with Crippen LogP contribution in [0.5, 0.6) is 0 Å². The molecule has 0 spiro atoms. The lowest BCUT2D eigenvalue weighted by Gasteiger charge is -2.04. The number of hydrogen-bond donors (Lipinski definition) is 1. The molecular weight excluding hydrogens is 196 g/mol. The Morgan fingerprint density at radius 2 is 1.94 bits per heavy atom. The summed E-state index contributed by atoms with van der Waals surface area (Å²) in [5, 5.41) is 3.47. The minimum Gasteiger partial charge on any atom is -0.316 e. The van der Waals surface area contributed by atoms with Gasteiger partial charge in [0.25, 0.3) is 0 Å². The molecule has 1 N–H and O–H groups in total. The first-order chi connectivity index (χ1) is 7.93. The van der Waals surface area contributed by atoms with Crippen molar-refractivity contribution in [1.82, 2.24) is 10.3 Å². The molecule has 2 heteroatoms. The van der Waals surface area contributed by atoms with Crippen molar-refractivity contribution in [2.45, 2.75) is 45.4 Å². The highest BCUT2D eigenvalue weighted by molar-refractivity contribution is 5.03. The van der Waals surface area contributed by atoms with Crippen molar-refractivity contribution in [1.29, 1.82) is 0 Å². The first kappa shape index (κ1) is 13.2. The van der Waals surface area contributed by atoms with E-state index in [-0.39, 0.29) is 0 Å². The minimum absolute atomic E-state index is 1.04. The van der Waals surface area contributed by atoms with Crippen LogP contribution < -0.4 is 5.32 Å². The van der Waals surface area contributed by atoms with Crippen LogP contribution in [0.3, 0.4) is 0 Å². The van der Waals surface area contributed by atoms with Gasteiger partial charge in [-0.1, -0.05) is 38.7 Å². The van der Waals surface area contributed by atoms with Gasteiger partial charge in [0.1, 0.15) is 0 Å². The fourth-order valence-electron chi connectivity index (χ4n) is 1.74. The fraction of sp³-hybridized carbons (Fsp3) is 0.643. The lowest BCUT2D eigenvalue weighted by Crippen LogP contribution is -2.18. The number of unbranched alkanes of at least 4 members (excludes halogenated alkanes) is 4. The van der Waals surface area contributed by atoms with Gasteiger partial charge in [0.05, 0.1) is 0 Å². The van der Waals surface area contributed by atoms with Crippen LogP contribution in [0.4, 0.5) is 0 Å². The Labute approximate surface area is 99.5 Å². The summed E-state index contributed by atoms with van der Waals surface area (Å²) in [6.07, 6.45) is 9.67. The molecule has 0 aromatic carbocycles. The molecule has 0 aliphatic rings. The molecule has 0 fully saturated rings. The quantitative estimate of drug-likeness (QED) is 0.646. The molecule has 90 valence electrons. The van der Waals surface area contributed by atoms with Crippen molar-refractivity contribution in [3.05, 3.63) is 30.1 Å². The third kappa shape index (κ3) is 6.57. The van der Waals surface area contributed by atoms with E-state index >= 15 is 0 Å². The van der Waals surface area contributed by atoms with Gasteiger partial charge in [-0.2, -0.15) is 0 Å². The maximum atomic E-state index is 4.30. The Morgan fingerprint density at radius 1 is 1.06 bits per heavy atom. The van der Waals surface area contributed by atoms with Gasteiger partial charge >= 0.3 is 0 Å². The normalized spacial score (nSPS) is 10.6. The van der Waals surface area contributed by atoms with Gasteiger partial charge in [-0.15, -0.1) is 0 Å². The third-order valence-electron chi connectivity index (χ3n) is 2.74. The summed E-state index contributed by atoms with van der Waals surface area (Å²) in [5.41, 5.74) is 1.18. The maximum absolute atomic E-state index is 4.30. The smallest absolute Gasteiger partial charge is 0.0416 e. The maximum Gasteiger partial charge on any atom is 0.0416 e. The fourth-order valence-corrected chi connectivity index (χ4v) is 1.74. The van der Waals surface area contributed by atoms with Crippen LogP contribution in [0.1, 0.15) is 44.7 Å². The van der Waals surface area contributed by atoms with Crippen molar-refractivity contribution in [2.75, 3.05) is 13.1 Å². The van der Waals surface area contributed by atoms with Gasteiger partial charge in [0, 0.05) is 24.9 Å². The summed E-state index contributed by atoms with van der Waals surface area (Å²) >= 11 is 0. The summed E-state index contributed by atoms with van der Waals surface area (Å²) < 4.78 is 0. The molecule has 16 heavy (non-hydrogen) atoms. The van der Waals surface area contributed by atoms with E-state index in [1.165, 1.54) is 37.8 Å². The molecular formula is C14H24N2. The Balaban J connectivity index is 1.89. The zero-order valence-corrected chi connectivity index (χ0v) is 10.4. The van der Waals surface area contributed by atoms with Gasteiger partial charge in [-0.05, 0) is 25.1 Å².